The van der Waals surface area contributed by atoms with Gasteiger partial charge in [-0.05, 0) is 43.7 Å². The number of fused-ring (bicyclic) bond motifs is 2. The summed E-state index contributed by atoms with van der Waals surface area (Å²) in [6.45, 7) is 9.49. The summed E-state index contributed by atoms with van der Waals surface area (Å²) in [6.07, 6.45) is 1.03. The van der Waals surface area contributed by atoms with Gasteiger partial charge in [-0.15, -0.1) is 0 Å². The van der Waals surface area contributed by atoms with Crippen molar-refractivity contribution in [1.29, 1.82) is 0 Å². The van der Waals surface area contributed by atoms with Crippen LogP contribution in [-0.2, 0) is 14.4 Å². The summed E-state index contributed by atoms with van der Waals surface area (Å²) in [5.74, 6) is -1.24. The molecule has 0 spiro atoms. The molecule has 2 aliphatic carbocycles. The summed E-state index contributed by atoms with van der Waals surface area (Å²) < 4.78 is 0. The van der Waals surface area contributed by atoms with Crippen LogP contribution in [0, 0.1) is 30.1 Å². The van der Waals surface area contributed by atoms with E-state index in [0.29, 0.717) is 18.5 Å². The number of anilines is 1. The quantitative estimate of drug-likeness (QED) is 0.673. The average Bonchev–Trinajstić information content (AvgIpc) is 2.74. The molecule has 2 saturated carbocycles. The number of amides is 1. The van der Waals surface area contributed by atoms with Crippen molar-refractivity contribution in [2.75, 3.05) is 5.32 Å². The zero-order valence-electron chi connectivity index (χ0n) is 14.4. The average molecular weight is 313 g/mol. The Morgan fingerprint density at radius 2 is 1.70 bits per heavy atom. The molecule has 0 aliphatic heterocycles. The smallest absolute Gasteiger partial charge is 0.239 e. The minimum Gasteiger partial charge on any atom is -0.325 e. The lowest BCUT2D eigenvalue weighted by Gasteiger charge is -2.37. The molecule has 2 atom stereocenters. The highest BCUT2D eigenvalue weighted by molar-refractivity contribution is 6.49. The van der Waals surface area contributed by atoms with Gasteiger partial charge < -0.3 is 5.32 Å². The van der Waals surface area contributed by atoms with Crippen molar-refractivity contribution in [2.45, 2.75) is 47.5 Å². The van der Waals surface area contributed by atoms with Crippen molar-refractivity contribution in [1.82, 2.24) is 0 Å². The number of carbonyl (C=O) groups excluding carboxylic acids is 3. The van der Waals surface area contributed by atoms with Gasteiger partial charge in [0.15, 0.2) is 0 Å². The third-order valence-electron chi connectivity index (χ3n) is 6.56. The molecule has 1 amide bonds. The Morgan fingerprint density at radius 3 is 2.22 bits per heavy atom. The fourth-order valence-electron chi connectivity index (χ4n) is 4.46. The first-order valence-corrected chi connectivity index (χ1v) is 8.06. The van der Waals surface area contributed by atoms with E-state index in [-0.39, 0.29) is 11.7 Å². The van der Waals surface area contributed by atoms with Gasteiger partial charge in [-0.25, -0.2) is 0 Å². The Bertz CT molecular complexity index is 749. The number of hydrogen-bond acceptors (Lipinski definition) is 3. The number of ketones is 2. The summed E-state index contributed by atoms with van der Waals surface area (Å²) in [5.41, 5.74) is 0.118. The second-order valence-corrected chi connectivity index (χ2v) is 7.79. The highest BCUT2D eigenvalue weighted by Crippen LogP contribution is 2.69. The number of benzene rings is 1. The van der Waals surface area contributed by atoms with Crippen LogP contribution in [-0.4, -0.2) is 17.5 Å². The van der Waals surface area contributed by atoms with Crippen LogP contribution in [0.15, 0.2) is 18.2 Å². The third-order valence-corrected chi connectivity index (χ3v) is 6.56. The van der Waals surface area contributed by atoms with Gasteiger partial charge in [0.25, 0.3) is 0 Å². The Kier molecular flexibility index (Phi) is 3.13. The van der Waals surface area contributed by atoms with Crippen LogP contribution in [0.4, 0.5) is 5.69 Å². The second kappa shape index (κ2) is 4.53. The van der Waals surface area contributed by atoms with E-state index in [2.05, 4.69) is 5.32 Å². The second-order valence-electron chi connectivity index (χ2n) is 7.79. The molecule has 2 bridgehead atoms. The molecule has 23 heavy (non-hydrogen) atoms. The van der Waals surface area contributed by atoms with Crippen LogP contribution in [0.25, 0.3) is 0 Å². The number of rotatable bonds is 2. The Balaban J connectivity index is 2.02. The maximum absolute atomic E-state index is 13.1. The van der Waals surface area contributed by atoms with Gasteiger partial charge in [-0.2, -0.15) is 0 Å². The first-order chi connectivity index (χ1) is 10.6. The molecular formula is C19H23NO3. The van der Waals surface area contributed by atoms with E-state index in [4.69, 9.17) is 0 Å². The maximum Gasteiger partial charge on any atom is 0.239 e. The summed E-state index contributed by atoms with van der Waals surface area (Å²) in [4.78, 5) is 38.2. The number of hydrogen-bond donors (Lipinski definition) is 1. The Morgan fingerprint density at radius 1 is 1.04 bits per heavy atom. The zero-order chi connectivity index (χ0) is 17.2. The van der Waals surface area contributed by atoms with Gasteiger partial charge in [0.05, 0.1) is 0 Å². The first kappa shape index (κ1) is 15.9. The number of nitrogens with one attached hydrogen (secondary N) is 1. The van der Waals surface area contributed by atoms with E-state index in [1.165, 1.54) is 0 Å². The lowest BCUT2D eigenvalue weighted by atomic mass is 9.64. The molecule has 0 aromatic heterocycles. The minimum atomic E-state index is -1.24. The van der Waals surface area contributed by atoms with Crippen molar-refractivity contribution < 1.29 is 14.4 Å². The molecular weight excluding hydrogens is 290 g/mol. The van der Waals surface area contributed by atoms with Crippen LogP contribution in [0.2, 0.25) is 0 Å². The van der Waals surface area contributed by atoms with Crippen molar-refractivity contribution in [3.63, 3.8) is 0 Å². The van der Waals surface area contributed by atoms with Crippen LogP contribution in [0.3, 0.4) is 0 Å². The van der Waals surface area contributed by atoms with E-state index in [1.54, 1.807) is 0 Å². The third kappa shape index (κ3) is 1.69. The number of aryl methyl sites for hydroxylation is 2. The molecule has 1 aromatic rings. The van der Waals surface area contributed by atoms with Gasteiger partial charge in [-0.3, -0.25) is 14.4 Å². The standard InChI is InChI=1S/C19H23NO3/c1-11-6-7-13(12(2)10-11)20-16(23)19-9-8-18(5,17(19,3)4)14(21)15(19)22/h6-7,10H,8-9H2,1-5H3,(H,20,23)/t18-,19-/m0/s1. The van der Waals surface area contributed by atoms with Crippen molar-refractivity contribution >= 4 is 23.2 Å². The number of Topliss-reactive ketones (excluding diaryl/α,β-unsaturated/α-hetero) is 2. The molecule has 0 saturated heterocycles. The van der Waals surface area contributed by atoms with Gasteiger partial charge in [0.1, 0.15) is 5.41 Å². The highest BCUT2D eigenvalue weighted by atomic mass is 16.2. The molecule has 0 unspecified atom stereocenters. The van der Waals surface area contributed by atoms with Gasteiger partial charge in [-0.1, -0.05) is 38.5 Å². The van der Waals surface area contributed by atoms with E-state index in [0.717, 1.165) is 11.1 Å². The van der Waals surface area contributed by atoms with Crippen molar-refractivity contribution in [3.05, 3.63) is 29.3 Å². The summed E-state index contributed by atoms with van der Waals surface area (Å²) in [5, 5.41) is 2.91. The van der Waals surface area contributed by atoms with E-state index < -0.39 is 22.0 Å². The van der Waals surface area contributed by atoms with Gasteiger partial charge >= 0.3 is 0 Å². The van der Waals surface area contributed by atoms with E-state index in [1.807, 2.05) is 52.8 Å². The fraction of sp³-hybridized carbons (Fsp3) is 0.526. The summed E-state index contributed by atoms with van der Waals surface area (Å²) in [7, 11) is 0. The Hall–Kier alpha value is -1.97. The lowest BCUT2D eigenvalue weighted by molar-refractivity contribution is -0.147. The molecule has 1 N–H and O–H groups in total. The van der Waals surface area contributed by atoms with Crippen LogP contribution < -0.4 is 5.32 Å². The maximum atomic E-state index is 13.1. The Labute approximate surface area is 136 Å². The topological polar surface area (TPSA) is 63.2 Å². The largest absolute Gasteiger partial charge is 0.325 e. The molecule has 122 valence electrons. The predicted molar refractivity (Wildman–Crippen MR) is 88.1 cm³/mol. The van der Waals surface area contributed by atoms with Gasteiger partial charge in [0, 0.05) is 11.1 Å². The zero-order valence-corrected chi connectivity index (χ0v) is 14.4. The number of carbonyl (C=O) groups is 3. The molecule has 4 heteroatoms. The molecule has 2 aliphatic rings. The van der Waals surface area contributed by atoms with Crippen LogP contribution in [0.5, 0.6) is 0 Å². The predicted octanol–water partition coefficient (Wildman–Crippen LogP) is 3.21. The van der Waals surface area contributed by atoms with Gasteiger partial charge in [0.2, 0.25) is 17.5 Å². The van der Waals surface area contributed by atoms with Crippen molar-refractivity contribution in [3.8, 4) is 0 Å². The highest BCUT2D eigenvalue weighted by Gasteiger charge is 2.77. The van der Waals surface area contributed by atoms with Crippen molar-refractivity contribution in [2.24, 2.45) is 16.2 Å². The first-order valence-electron chi connectivity index (χ1n) is 8.06. The SMILES string of the molecule is Cc1ccc(NC(=O)[C@]23CC[C@@](C)(C(=O)C2=O)C3(C)C)c(C)c1. The van der Waals surface area contributed by atoms with E-state index in [9.17, 15) is 14.4 Å². The molecule has 2 fully saturated rings. The van der Waals surface area contributed by atoms with Crippen LogP contribution in [0.1, 0.15) is 44.7 Å². The lowest BCUT2D eigenvalue weighted by Crippen LogP contribution is -2.47. The molecule has 3 rings (SSSR count). The normalized spacial score (nSPS) is 31.5. The molecule has 0 radical (unpaired) electrons. The molecule has 0 heterocycles. The summed E-state index contributed by atoms with van der Waals surface area (Å²) in [6, 6.07) is 5.76. The molecule has 1 aromatic carbocycles. The van der Waals surface area contributed by atoms with Crippen LogP contribution >= 0.6 is 0 Å². The summed E-state index contributed by atoms with van der Waals surface area (Å²) >= 11 is 0. The monoisotopic (exact) mass is 313 g/mol. The minimum absolute atomic E-state index is 0.339. The fourth-order valence-corrected chi connectivity index (χ4v) is 4.46. The van der Waals surface area contributed by atoms with E-state index >= 15 is 0 Å². The molecule has 4 nitrogen and oxygen atoms in total.